The molecule has 3 aromatic rings. The van der Waals surface area contributed by atoms with Gasteiger partial charge < -0.3 is 29.0 Å². The molecule has 0 radical (unpaired) electrons. The lowest BCUT2D eigenvalue weighted by atomic mass is 9.92. The summed E-state index contributed by atoms with van der Waals surface area (Å²) in [5.74, 6) is -0.873. The highest BCUT2D eigenvalue weighted by Crippen LogP contribution is 2.45. The van der Waals surface area contributed by atoms with Crippen molar-refractivity contribution in [2.75, 3.05) is 32.3 Å². The van der Waals surface area contributed by atoms with Crippen LogP contribution in [-0.4, -0.2) is 61.4 Å². The van der Waals surface area contributed by atoms with Crippen molar-refractivity contribution in [3.05, 3.63) is 74.7 Å². The number of esters is 1. The van der Waals surface area contributed by atoms with Gasteiger partial charge in [-0.05, 0) is 30.3 Å². The number of aromatic nitrogens is 1. The minimum Gasteiger partial charge on any atom is -0.493 e. The molecule has 1 aromatic heterocycles. The maximum Gasteiger partial charge on any atom is 0.328 e. The molecule has 2 heterocycles. The van der Waals surface area contributed by atoms with E-state index < -0.39 is 29.6 Å². The predicted molar refractivity (Wildman–Crippen MR) is 163 cm³/mol. The quantitative estimate of drug-likeness (QED) is 0.214. The first-order valence-corrected chi connectivity index (χ1v) is 14.6. The molecule has 0 saturated heterocycles. The average Bonchev–Trinajstić information content (AvgIpc) is 3.39. The zero-order valence-electron chi connectivity index (χ0n) is 24.5. The molecular formula is C31H33ClN2O8S. The minimum absolute atomic E-state index is 0.0967. The number of ether oxygens (including phenoxy) is 4. The van der Waals surface area contributed by atoms with Crippen molar-refractivity contribution in [2.45, 2.75) is 39.4 Å². The Morgan fingerprint density at radius 3 is 2.63 bits per heavy atom. The third kappa shape index (κ3) is 7.73. The Labute approximate surface area is 258 Å². The number of rotatable bonds is 11. The average molecular weight is 629 g/mol. The second kappa shape index (κ2) is 13.6. The van der Waals surface area contributed by atoms with Crippen molar-refractivity contribution >= 4 is 52.5 Å². The molecule has 228 valence electrons. The van der Waals surface area contributed by atoms with Crippen molar-refractivity contribution in [1.29, 1.82) is 0 Å². The van der Waals surface area contributed by atoms with Gasteiger partial charge in [0.1, 0.15) is 12.2 Å². The Morgan fingerprint density at radius 2 is 1.95 bits per heavy atom. The summed E-state index contributed by atoms with van der Waals surface area (Å²) in [6.07, 6.45) is 0.726. The van der Waals surface area contributed by atoms with Gasteiger partial charge in [-0.1, -0.05) is 37.6 Å². The van der Waals surface area contributed by atoms with Crippen molar-refractivity contribution in [1.82, 2.24) is 4.98 Å². The molecule has 0 fully saturated rings. The van der Waals surface area contributed by atoms with Gasteiger partial charge in [0.25, 0.3) is 5.91 Å². The third-order valence-electron chi connectivity index (χ3n) is 6.70. The van der Waals surface area contributed by atoms with E-state index in [0.717, 1.165) is 6.08 Å². The number of nitrogens with zero attached hydrogens (tertiary/aromatic N) is 2. The number of fused-ring (bicyclic) bond motifs is 1. The first-order valence-electron chi connectivity index (χ1n) is 13.4. The van der Waals surface area contributed by atoms with E-state index in [-0.39, 0.29) is 25.5 Å². The molecule has 10 nitrogen and oxygen atoms in total. The fourth-order valence-corrected chi connectivity index (χ4v) is 5.78. The molecule has 0 saturated carbocycles. The van der Waals surface area contributed by atoms with Gasteiger partial charge in [-0.2, -0.15) is 0 Å². The summed E-state index contributed by atoms with van der Waals surface area (Å²) in [7, 11) is 3.07. The van der Waals surface area contributed by atoms with Gasteiger partial charge >= 0.3 is 11.9 Å². The number of para-hydroxylation sites is 1. The Balaban J connectivity index is 1.84. The number of carbonyl (C=O) groups excluding carboxylic acids is 2. The first kappa shape index (κ1) is 32.0. The van der Waals surface area contributed by atoms with Crippen molar-refractivity contribution in [2.24, 2.45) is 5.41 Å². The molecule has 1 N–H and O–H groups in total. The van der Waals surface area contributed by atoms with Crippen LogP contribution in [0.4, 0.5) is 5.69 Å². The van der Waals surface area contributed by atoms with E-state index in [1.165, 1.54) is 31.4 Å². The normalized spacial score (nSPS) is 17.0. The summed E-state index contributed by atoms with van der Waals surface area (Å²) in [6.45, 7) is 5.46. The Morgan fingerprint density at radius 1 is 1.19 bits per heavy atom. The van der Waals surface area contributed by atoms with Crippen LogP contribution in [0.25, 0.3) is 6.08 Å². The number of hydrogen-bond acceptors (Lipinski definition) is 9. The molecule has 4 rings (SSSR count). The summed E-state index contributed by atoms with van der Waals surface area (Å²) in [6, 6.07) is 10.7. The summed E-state index contributed by atoms with van der Waals surface area (Å²) in [5.41, 5.74) is 1.71. The molecule has 0 unspecified atom stereocenters. The van der Waals surface area contributed by atoms with Gasteiger partial charge in [-0.3, -0.25) is 9.59 Å². The van der Waals surface area contributed by atoms with E-state index in [4.69, 9.17) is 35.7 Å². The number of anilines is 1. The first-order chi connectivity index (χ1) is 20.4. The van der Waals surface area contributed by atoms with Gasteiger partial charge in [0.15, 0.2) is 11.5 Å². The van der Waals surface area contributed by atoms with Gasteiger partial charge in [0.05, 0.1) is 31.5 Å². The largest absolute Gasteiger partial charge is 0.493 e. The highest BCUT2D eigenvalue weighted by atomic mass is 35.5. The second-order valence-corrected chi connectivity index (χ2v) is 12.1. The lowest BCUT2D eigenvalue weighted by molar-refractivity contribution is -0.143. The molecule has 12 heteroatoms. The topological polar surface area (TPSA) is 124 Å². The van der Waals surface area contributed by atoms with E-state index in [1.807, 2.05) is 26.0 Å². The van der Waals surface area contributed by atoms with Crippen molar-refractivity contribution < 1.29 is 38.4 Å². The highest BCUT2D eigenvalue weighted by molar-refractivity contribution is 7.09. The maximum absolute atomic E-state index is 14.4. The minimum atomic E-state index is -1.09. The number of benzene rings is 2. The maximum atomic E-state index is 14.4. The van der Waals surface area contributed by atoms with Crippen LogP contribution in [-0.2, 0) is 30.3 Å². The van der Waals surface area contributed by atoms with Crippen LogP contribution in [0.15, 0.2) is 47.9 Å². The molecule has 1 aliphatic heterocycles. The number of carbonyl (C=O) groups is 3. The number of amides is 1. The van der Waals surface area contributed by atoms with Crippen LogP contribution in [0.1, 0.15) is 48.7 Å². The Hall–Kier alpha value is -3.93. The number of aliphatic carboxylic acids is 1. The molecule has 0 bridgehead atoms. The summed E-state index contributed by atoms with van der Waals surface area (Å²) in [5, 5.41) is 11.7. The van der Waals surface area contributed by atoms with Crippen LogP contribution >= 0.6 is 22.9 Å². The summed E-state index contributed by atoms with van der Waals surface area (Å²) >= 11 is 7.81. The van der Waals surface area contributed by atoms with Crippen LogP contribution in [0.2, 0.25) is 5.02 Å². The van der Waals surface area contributed by atoms with E-state index >= 15 is 0 Å². The zero-order valence-corrected chi connectivity index (χ0v) is 26.0. The van der Waals surface area contributed by atoms with Gasteiger partial charge in [0.2, 0.25) is 0 Å². The Kier molecular flexibility index (Phi) is 10.1. The summed E-state index contributed by atoms with van der Waals surface area (Å²) < 4.78 is 23.3. The van der Waals surface area contributed by atoms with Crippen molar-refractivity contribution in [3.8, 4) is 11.5 Å². The van der Waals surface area contributed by atoms with E-state index in [9.17, 15) is 14.4 Å². The summed E-state index contributed by atoms with van der Waals surface area (Å²) in [4.78, 5) is 43.1. The van der Waals surface area contributed by atoms with Crippen LogP contribution in [0.3, 0.4) is 0 Å². The smallest absolute Gasteiger partial charge is 0.328 e. The van der Waals surface area contributed by atoms with Gasteiger partial charge in [-0.25, -0.2) is 9.78 Å². The molecule has 1 aliphatic rings. The number of hydrogen-bond donors (Lipinski definition) is 1. The number of carboxylic acid groups (broad SMARTS) is 1. The third-order valence-corrected chi connectivity index (χ3v) is 7.82. The molecule has 2 aromatic carbocycles. The fourth-order valence-electron chi connectivity index (χ4n) is 4.81. The van der Waals surface area contributed by atoms with E-state index in [0.29, 0.717) is 44.0 Å². The molecule has 0 aliphatic carbocycles. The van der Waals surface area contributed by atoms with E-state index in [2.05, 4.69) is 4.98 Å². The van der Waals surface area contributed by atoms with Gasteiger partial charge in [-0.15, -0.1) is 11.3 Å². The van der Waals surface area contributed by atoms with Crippen LogP contribution in [0.5, 0.6) is 11.5 Å². The van der Waals surface area contributed by atoms with E-state index in [1.54, 1.807) is 41.7 Å². The highest BCUT2D eigenvalue weighted by Gasteiger charge is 2.40. The second-order valence-electron chi connectivity index (χ2n) is 10.7. The van der Waals surface area contributed by atoms with Crippen LogP contribution in [0, 0.1) is 5.41 Å². The number of thiazole rings is 1. The predicted octanol–water partition coefficient (Wildman–Crippen LogP) is 5.56. The van der Waals surface area contributed by atoms with Crippen LogP contribution < -0.4 is 14.4 Å². The van der Waals surface area contributed by atoms with Crippen molar-refractivity contribution in [3.63, 3.8) is 0 Å². The Bertz CT molecular complexity index is 1540. The van der Waals surface area contributed by atoms with Gasteiger partial charge in [0, 0.05) is 58.6 Å². The zero-order chi connectivity index (χ0) is 31.3. The molecular weight excluding hydrogens is 596 g/mol. The monoisotopic (exact) mass is 628 g/mol. The number of halogens is 1. The lowest BCUT2D eigenvalue weighted by Crippen LogP contribution is -2.46. The molecule has 43 heavy (non-hydrogen) atoms. The SMILES string of the molecule is COc1cccc([C@H]2O[C@H](Cc3nc(/C=C/C(=O)O)cs3)C(=O)N(CC(C)(C)COC(C)=O)c3ccc(Cl)cc32)c1OC. The standard InChI is InChI=1S/C31H33ClN2O8S/c1-18(35)41-17-31(2,3)16-34-23-11-9-19(32)13-22(23)28(21-7-6-8-24(39-4)29(21)40-5)42-25(30(34)38)14-26-33-20(15-43-26)10-12-27(36)37/h6-13,15,25,28H,14,16-17H2,1-5H3,(H,36,37)/b12-10+/t25-,28-/m1/s1. The number of methoxy groups -OCH3 is 2. The molecule has 1 amide bonds. The lowest BCUT2D eigenvalue weighted by Gasteiger charge is -2.33. The number of carboxylic acids is 1. The molecule has 0 spiro atoms. The fraction of sp³-hybridized carbons (Fsp3) is 0.355. The molecule has 2 atom stereocenters.